The van der Waals surface area contributed by atoms with Gasteiger partial charge in [-0.3, -0.25) is 14.4 Å². The van der Waals surface area contributed by atoms with Crippen LogP contribution in [0.4, 0.5) is 4.79 Å². The number of benzene rings is 2. The number of ether oxygens (including phenoxy) is 1. The number of nitrogens with one attached hydrogen (secondary N) is 1. The van der Waals surface area contributed by atoms with E-state index >= 15 is 0 Å². The van der Waals surface area contributed by atoms with Crippen LogP contribution in [0.15, 0.2) is 60.7 Å². The van der Waals surface area contributed by atoms with Crippen LogP contribution >= 0.6 is 0 Å². The molecule has 7 nitrogen and oxygen atoms in total. The Morgan fingerprint density at radius 3 is 2.21 bits per heavy atom. The lowest BCUT2D eigenvalue weighted by molar-refractivity contribution is -0.127. The van der Waals surface area contributed by atoms with Crippen LogP contribution in [0.2, 0.25) is 0 Å². The van der Waals surface area contributed by atoms with E-state index in [0.717, 1.165) is 10.5 Å². The Balaban J connectivity index is 1.64. The Kier molecular flexibility index (Phi) is 6.16. The number of amides is 3. The highest BCUT2D eigenvalue weighted by atomic mass is 16.6. The molecule has 144 valence electrons. The lowest BCUT2D eigenvalue weighted by atomic mass is 10.0. The van der Waals surface area contributed by atoms with Crippen molar-refractivity contribution in [3.63, 3.8) is 0 Å². The number of cyclic esters (lactones) is 1. The summed E-state index contributed by atoms with van der Waals surface area (Å²) in [5.41, 5.74) is 1.30. The Labute approximate surface area is 162 Å². The summed E-state index contributed by atoms with van der Waals surface area (Å²) in [6.07, 6.45) is -0.642. The maximum absolute atomic E-state index is 12.4. The number of carbonyl (C=O) groups is 4. The van der Waals surface area contributed by atoms with Crippen LogP contribution in [0.1, 0.15) is 34.8 Å². The average Bonchev–Trinajstić information content (AvgIpc) is 3.04. The average molecular weight is 380 g/mol. The molecule has 0 saturated carbocycles. The number of nitrogens with zero attached hydrogens (tertiary/aromatic N) is 1. The normalized spacial score (nSPS) is 14.5. The fourth-order valence-corrected chi connectivity index (χ4v) is 2.92. The fourth-order valence-electron chi connectivity index (χ4n) is 2.92. The number of hydrogen-bond acceptors (Lipinski definition) is 5. The van der Waals surface area contributed by atoms with E-state index in [9.17, 15) is 19.2 Å². The molecule has 0 aromatic heterocycles. The maximum atomic E-state index is 12.4. The standard InChI is InChI=1S/C21H20N2O5/c24-18(16-9-5-2-6-10-16)11-12-19(25)22-17(15-7-3-1-4-8-15)13-23-20(26)14-28-21(23)27/h1-10,17H,11-14H2,(H,22,25)/t17-/m0/s1. The zero-order valence-corrected chi connectivity index (χ0v) is 15.2. The van der Waals surface area contributed by atoms with Crippen LogP contribution in [0.25, 0.3) is 0 Å². The van der Waals surface area contributed by atoms with E-state index in [2.05, 4.69) is 5.32 Å². The van der Waals surface area contributed by atoms with Gasteiger partial charge < -0.3 is 10.1 Å². The molecule has 2 aromatic rings. The van der Waals surface area contributed by atoms with Crippen LogP contribution in [0, 0.1) is 0 Å². The highest BCUT2D eigenvalue weighted by Gasteiger charge is 2.33. The second kappa shape index (κ2) is 8.94. The van der Waals surface area contributed by atoms with Crippen molar-refractivity contribution in [3.8, 4) is 0 Å². The molecule has 3 amide bonds. The van der Waals surface area contributed by atoms with E-state index in [0.29, 0.717) is 5.56 Å². The number of imide groups is 1. The van der Waals surface area contributed by atoms with Gasteiger partial charge in [-0.2, -0.15) is 0 Å². The molecule has 7 heteroatoms. The van der Waals surface area contributed by atoms with Crippen LogP contribution < -0.4 is 5.32 Å². The van der Waals surface area contributed by atoms with Crippen LogP contribution in [0.3, 0.4) is 0 Å². The Bertz CT molecular complexity index is 851. The van der Waals surface area contributed by atoms with Crippen molar-refractivity contribution in [2.45, 2.75) is 18.9 Å². The number of ketones is 1. The molecule has 1 aliphatic rings. The van der Waals surface area contributed by atoms with Crippen molar-refractivity contribution < 1.29 is 23.9 Å². The second-order valence-corrected chi connectivity index (χ2v) is 6.38. The summed E-state index contributed by atoms with van der Waals surface area (Å²) in [6.45, 7) is -0.320. The van der Waals surface area contributed by atoms with Gasteiger partial charge in [0.2, 0.25) is 5.91 Å². The number of hydrogen-bond donors (Lipinski definition) is 1. The molecule has 0 spiro atoms. The quantitative estimate of drug-likeness (QED) is 0.710. The SMILES string of the molecule is O=C(CCC(=O)c1ccccc1)N[C@@H](CN1C(=O)COC1=O)c1ccccc1. The molecule has 0 radical (unpaired) electrons. The molecule has 3 rings (SSSR count). The molecule has 1 saturated heterocycles. The Morgan fingerprint density at radius 2 is 1.61 bits per heavy atom. The minimum absolute atomic E-state index is 0.00938. The largest absolute Gasteiger partial charge is 0.439 e. The molecule has 1 fully saturated rings. The van der Waals surface area contributed by atoms with Crippen LogP contribution in [0.5, 0.6) is 0 Å². The minimum Gasteiger partial charge on any atom is -0.439 e. The molecule has 1 N–H and O–H groups in total. The summed E-state index contributed by atoms with van der Waals surface area (Å²) in [6, 6.07) is 17.2. The van der Waals surface area contributed by atoms with Crippen LogP contribution in [-0.4, -0.2) is 41.7 Å². The third-order valence-electron chi connectivity index (χ3n) is 4.42. The Hall–Kier alpha value is -3.48. The molecule has 1 aliphatic heterocycles. The highest BCUT2D eigenvalue weighted by Crippen LogP contribution is 2.18. The smallest absolute Gasteiger partial charge is 0.417 e. The first-order valence-electron chi connectivity index (χ1n) is 8.94. The van der Waals surface area contributed by atoms with E-state index in [4.69, 9.17) is 4.74 Å². The summed E-state index contributed by atoms with van der Waals surface area (Å²) in [5.74, 6) is -0.900. The van der Waals surface area contributed by atoms with Crippen LogP contribution in [-0.2, 0) is 14.3 Å². The van der Waals surface area contributed by atoms with Gasteiger partial charge in [0.05, 0.1) is 12.6 Å². The summed E-state index contributed by atoms with van der Waals surface area (Å²) in [5, 5.41) is 2.82. The first-order valence-corrected chi connectivity index (χ1v) is 8.94. The molecule has 28 heavy (non-hydrogen) atoms. The first kappa shape index (κ1) is 19.3. The first-order chi connectivity index (χ1) is 13.5. The van der Waals surface area contributed by atoms with Crippen molar-refractivity contribution in [2.75, 3.05) is 13.2 Å². The summed E-state index contributed by atoms with van der Waals surface area (Å²) in [7, 11) is 0. The van der Waals surface area contributed by atoms with Gasteiger partial charge in [0.25, 0.3) is 5.91 Å². The predicted octanol–water partition coefficient (Wildman–Crippen LogP) is 2.49. The number of rotatable bonds is 8. The van der Waals surface area contributed by atoms with Gasteiger partial charge in [0, 0.05) is 18.4 Å². The van der Waals surface area contributed by atoms with E-state index in [-0.39, 0.29) is 37.7 Å². The third-order valence-corrected chi connectivity index (χ3v) is 4.42. The molecule has 0 bridgehead atoms. The molecular formula is C21H20N2O5. The summed E-state index contributed by atoms with van der Waals surface area (Å²) in [4.78, 5) is 49.1. The van der Waals surface area contributed by atoms with E-state index < -0.39 is 18.0 Å². The zero-order chi connectivity index (χ0) is 19.9. The molecular weight excluding hydrogens is 360 g/mol. The van der Waals surface area contributed by atoms with Crippen molar-refractivity contribution in [3.05, 3.63) is 71.8 Å². The van der Waals surface area contributed by atoms with Gasteiger partial charge in [-0.1, -0.05) is 60.7 Å². The highest BCUT2D eigenvalue weighted by molar-refractivity contribution is 5.98. The fraction of sp³-hybridized carbons (Fsp3) is 0.238. The number of Topliss-reactive ketones (excluding diaryl/α,β-unsaturated/α-hetero) is 1. The van der Waals surface area contributed by atoms with Gasteiger partial charge in [0.1, 0.15) is 0 Å². The molecule has 2 aromatic carbocycles. The minimum atomic E-state index is -0.723. The predicted molar refractivity (Wildman–Crippen MR) is 100 cm³/mol. The van der Waals surface area contributed by atoms with Crippen molar-refractivity contribution in [1.29, 1.82) is 0 Å². The van der Waals surface area contributed by atoms with E-state index in [1.165, 1.54) is 0 Å². The second-order valence-electron chi connectivity index (χ2n) is 6.38. The van der Waals surface area contributed by atoms with Crippen molar-refractivity contribution in [1.82, 2.24) is 10.2 Å². The summed E-state index contributed by atoms with van der Waals surface area (Å²) < 4.78 is 4.73. The zero-order valence-electron chi connectivity index (χ0n) is 15.2. The van der Waals surface area contributed by atoms with Crippen molar-refractivity contribution in [2.24, 2.45) is 0 Å². The van der Waals surface area contributed by atoms with Gasteiger partial charge in [-0.15, -0.1) is 0 Å². The summed E-state index contributed by atoms with van der Waals surface area (Å²) >= 11 is 0. The van der Waals surface area contributed by atoms with E-state index in [1.54, 1.807) is 48.5 Å². The molecule has 0 unspecified atom stereocenters. The van der Waals surface area contributed by atoms with E-state index in [1.807, 2.05) is 12.1 Å². The lowest BCUT2D eigenvalue weighted by Crippen LogP contribution is -2.40. The Morgan fingerprint density at radius 1 is 0.964 bits per heavy atom. The molecule has 1 atom stereocenters. The maximum Gasteiger partial charge on any atom is 0.417 e. The van der Waals surface area contributed by atoms with Crippen molar-refractivity contribution >= 4 is 23.7 Å². The topological polar surface area (TPSA) is 92.8 Å². The van der Waals surface area contributed by atoms with Gasteiger partial charge >= 0.3 is 6.09 Å². The van der Waals surface area contributed by atoms with Gasteiger partial charge in [-0.05, 0) is 5.56 Å². The monoisotopic (exact) mass is 380 g/mol. The molecule has 1 heterocycles. The van der Waals surface area contributed by atoms with Gasteiger partial charge in [0.15, 0.2) is 12.4 Å². The third kappa shape index (κ3) is 4.82. The lowest BCUT2D eigenvalue weighted by Gasteiger charge is -2.22. The number of carbonyl (C=O) groups excluding carboxylic acids is 4. The molecule has 0 aliphatic carbocycles. The van der Waals surface area contributed by atoms with Gasteiger partial charge in [-0.25, -0.2) is 9.69 Å².